The Kier molecular flexibility index (Phi) is 7.77. The van der Waals surface area contributed by atoms with Gasteiger partial charge in [0.15, 0.2) is 0 Å². The fourth-order valence-electron chi connectivity index (χ4n) is 4.59. The van der Waals surface area contributed by atoms with Crippen molar-refractivity contribution >= 4 is 28.4 Å². The van der Waals surface area contributed by atoms with Gasteiger partial charge in [-0.15, -0.1) is 6.58 Å². The minimum absolute atomic E-state index is 0.00761. The van der Waals surface area contributed by atoms with E-state index in [4.69, 9.17) is 14.7 Å². The van der Waals surface area contributed by atoms with Crippen LogP contribution in [0.2, 0.25) is 0 Å². The van der Waals surface area contributed by atoms with Crippen molar-refractivity contribution in [3.05, 3.63) is 84.3 Å². The molecule has 0 aliphatic carbocycles. The molecule has 7 heteroatoms. The van der Waals surface area contributed by atoms with Crippen molar-refractivity contribution in [2.45, 2.75) is 25.2 Å². The van der Waals surface area contributed by atoms with Gasteiger partial charge in [0.25, 0.3) is 0 Å². The molecule has 1 amide bonds. The number of anilines is 2. The molecule has 1 N–H and O–H groups in total. The van der Waals surface area contributed by atoms with Gasteiger partial charge in [-0.1, -0.05) is 48.5 Å². The second kappa shape index (κ2) is 11.1. The van der Waals surface area contributed by atoms with E-state index in [9.17, 15) is 9.90 Å². The third-order valence-electron chi connectivity index (χ3n) is 6.43. The first kappa shape index (κ1) is 24.4. The Morgan fingerprint density at radius 3 is 2.83 bits per heavy atom. The van der Waals surface area contributed by atoms with Gasteiger partial charge in [0.05, 0.1) is 25.0 Å². The van der Waals surface area contributed by atoms with Gasteiger partial charge >= 0.3 is 0 Å². The highest BCUT2D eigenvalue weighted by Crippen LogP contribution is 2.36. The summed E-state index contributed by atoms with van der Waals surface area (Å²) in [7, 11) is 3.56. The van der Waals surface area contributed by atoms with E-state index in [1.807, 2.05) is 42.3 Å². The average molecular weight is 473 g/mol. The van der Waals surface area contributed by atoms with Crippen molar-refractivity contribution < 1.29 is 14.6 Å². The van der Waals surface area contributed by atoms with Crippen LogP contribution in [0.1, 0.15) is 29.2 Å². The number of hydrogen-bond donors (Lipinski definition) is 1. The van der Waals surface area contributed by atoms with Crippen LogP contribution in [-0.2, 0) is 22.4 Å². The van der Waals surface area contributed by atoms with Crippen LogP contribution in [0.4, 0.5) is 11.8 Å². The van der Waals surface area contributed by atoms with Gasteiger partial charge in [-0.3, -0.25) is 9.69 Å². The van der Waals surface area contributed by atoms with Gasteiger partial charge in [0.2, 0.25) is 11.9 Å². The minimum Gasteiger partial charge on any atom is -0.516 e. The summed E-state index contributed by atoms with van der Waals surface area (Å²) >= 11 is 0. The first-order chi connectivity index (χ1) is 17.1. The number of aliphatic hydroxyl groups is 1. The smallest absolute Gasteiger partial charge is 0.232 e. The molecule has 1 unspecified atom stereocenters. The topological polar surface area (TPSA) is 78.8 Å². The fraction of sp³-hybridized carbons (Fsp3) is 0.321. The fourth-order valence-corrected chi connectivity index (χ4v) is 4.59. The number of benzene rings is 2. The van der Waals surface area contributed by atoms with E-state index in [-0.39, 0.29) is 11.8 Å². The Balaban J connectivity index is 1.72. The maximum absolute atomic E-state index is 13.6. The molecule has 0 radical (unpaired) electrons. The van der Waals surface area contributed by atoms with Crippen LogP contribution >= 0.6 is 0 Å². The molecule has 0 saturated heterocycles. The zero-order valence-electron chi connectivity index (χ0n) is 20.4. The van der Waals surface area contributed by atoms with Crippen molar-refractivity contribution in [2.75, 3.05) is 43.7 Å². The Bertz CT molecular complexity index is 1230. The Hall–Kier alpha value is -3.71. The maximum atomic E-state index is 13.6. The molecule has 4 rings (SSSR count). The molecule has 0 fully saturated rings. The first-order valence-electron chi connectivity index (χ1n) is 11.9. The van der Waals surface area contributed by atoms with Crippen molar-refractivity contribution in [1.29, 1.82) is 0 Å². The molecular weight excluding hydrogens is 440 g/mol. The van der Waals surface area contributed by atoms with E-state index >= 15 is 0 Å². The molecule has 3 aromatic rings. The Morgan fingerprint density at radius 1 is 1.26 bits per heavy atom. The number of ether oxygens (including phenoxy) is 1. The largest absolute Gasteiger partial charge is 0.516 e. The number of carbonyl (C=O) groups excluding carboxylic acids is 1. The number of fused-ring (bicyclic) bond motifs is 2. The molecule has 2 aromatic carbocycles. The Labute approximate surface area is 206 Å². The van der Waals surface area contributed by atoms with Gasteiger partial charge in [0, 0.05) is 38.7 Å². The van der Waals surface area contributed by atoms with Crippen molar-refractivity contribution in [2.24, 2.45) is 0 Å². The summed E-state index contributed by atoms with van der Waals surface area (Å²) < 4.78 is 5.22. The van der Waals surface area contributed by atoms with E-state index in [0.29, 0.717) is 50.7 Å². The van der Waals surface area contributed by atoms with Crippen LogP contribution in [-0.4, -0.2) is 54.8 Å². The lowest BCUT2D eigenvalue weighted by molar-refractivity contribution is -0.117. The summed E-state index contributed by atoms with van der Waals surface area (Å²) in [5.74, 6) is 1.03. The molecule has 35 heavy (non-hydrogen) atoms. The molecular formula is C28H32N4O3. The van der Waals surface area contributed by atoms with E-state index < -0.39 is 0 Å². The van der Waals surface area contributed by atoms with Gasteiger partial charge in [-0.25, -0.2) is 4.98 Å². The summed E-state index contributed by atoms with van der Waals surface area (Å²) in [6.45, 7) is 5.56. The van der Waals surface area contributed by atoms with Gasteiger partial charge < -0.3 is 14.7 Å². The number of rotatable bonds is 10. The van der Waals surface area contributed by atoms with E-state index in [2.05, 4.69) is 24.8 Å². The molecule has 2 heterocycles. The number of nitrogens with zero attached hydrogens (tertiary/aromatic N) is 4. The lowest BCUT2D eigenvalue weighted by atomic mass is 9.96. The molecule has 1 aliphatic rings. The highest BCUT2D eigenvalue weighted by atomic mass is 16.5. The minimum atomic E-state index is -0.156. The van der Waals surface area contributed by atoms with E-state index in [1.165, 1.54) is 0 Å². The summed E-state index contributed by atoms with van der Waals surface area (Å²) in [6.07, 6.45) is 6.15. The normalized spacial score (nSPS) is 13.8. The first-order valence-corrected chi connectivity index (χ1v) is 11.9. The molecule has 0 bridgehead atoms. The number of amides is 1. The van der Waals surface area contributed by atoms with Crippen molar-refractivity contribution in [3.63, 3.8) is 0 Å². The lowest BCUT2D eigenvalue weighted by Crippen LogP contribution is -2.32. The van der Waals surface area contributed by atoms with Crippen LogP contribution in [0.3, 0.4) is 0 Å². The van der Waals surface area contributed by atoms with Crippen LogP contribution in [0.15, 0.2) is 67.5 Å². The number of aliphatic hydroxyl groups excluding tert-OH is 1. The van der Waals surface area contributed by atoms with E-state index in [0.717, 1.165) is 33.9 Å². The van der Waals surface area contributed by atoms with Crippen LogP contribution in [0.25, 0.3) is 10.8 Å². The second-order valence-electron chi connectivity index (χ2n) is 8.71. The van der Waals surface area contributed by atoms with Gasteiger partial charge in [0.1, 0.15) is 5.82 Å². The summed E-state index contributed by atoms with van der Waals surface area (Å²) in [5.41, 5.74) is 2.77. The monoisotopic (exact) mass is 472 g/mol. The second-order valence-corrected chi connectivity index (χ2v) is 8.71. The highest BCUT2D eigenvalue weighted by molar-refractivity contribution is 5.98. The van der Waals surface area contributed by atoms with Crippen LogP contribution in [0.5, 0.6) is 0 Å². The van der Waals surface area contributed by atoms with E-state index in [1.54, 1.807) is 18.1 Å². The standard InChI is InChI=1S/C28H32N4O3/c1-4-8-21(14-17-33)26-24-13-15-32(27(24)30-28(29-26)31(2)16-18-35-3)25(34)19-22-11-7-10-20-9-5-6-12-23(20)22/h4-7,9-12,14,17,21,33H,1,8,13,15-16,18-19H2,2-3H3/b17-14+. The molecule has 1 atom stereocenters. The van der Waals surface area contributed by atoms with Crippen LogP contribution < -0.4 is 9.80 Å². The summed E-state index contributed by atoms with van der Waals surface area (Å²) in [6, 6.07) is 14.2. The molecule has 1 aliphatic heterocycles. The van der Waals surface area contributed by atoms with Crippen LogP contribution in [0, 0.1) is 0 Å². The Morgan fingerprint density at radius 2 is 2.06 bits per heavy atom. The number of aromatic nitrogens is 2. The van der Waals surface area contributed by atoms with Crippen molar-refractivity contribution in [3.8, 4) is 0 Å². The maximum Gasteiger partial charge on any atom is 0.232 e. The predicted molar refractivity (Wildman–Crippen MR) is 140 cm³/mol. The summed E-state index contributed by atoms with van der Waals surface area (Å²) in [5, 5.41) is 11.7. The zero-order valence-corrected chi connectivity index (χ0v) is 20.4. The molecule has 0 spiro atoms. The SMILES string of the molecule is C=CCC(/C=C/O)c1nc(N(C)CCOC)nc2c1CCN2C(=O)Cc1cccc2ccccc12. The number of methoxy groups -OCH3 is 1. The molecule has 1 aromatic heterocycles. The zero-order chi connectivity index (χ0) is 24.8. The lowest BCUT2D eigenvalue weighted by Gasteiger charge is -2.23. The summed E-state index contributed by atoms with van der Waals surface area (Å²) in [4.78, 5) is 27.0. The van der Waals surface area contributed by atoms with Gasteiger partial charge in [-0.05, 0) is 35.3 Å². The molecule has 7 nitrogen and oxygen atoms in total. The van der Waals surface area contributed by atoms with Gasteiger partial charge in [-0.2, -0.15) is 4.98 Å². The number of hydrogen-bond acceptors (Lipinski definition) is 6. The molecule has 182 valence electrons. The van der Waals surface area contributed by atoms with Crippen molar-refractivity contribution in [1.82, 2.24) is 9.97 Å². The third-order valence-corrected chi connectivity index (χ3v) is 6.43. The predicted octanol–water partition coefficient (Wildman–Crippen LogP) is 4.58. The number of likely N-dealkylation sites (N-methyl/N-ethyl adjacent to an activating group) is 1. The average Bonchev–Trinajstić information content (AvgIpc) is 3.31. The highest BCUT2D eigenvalue weighted by Gasteiger charge is 2.32. The third kappa shape index (κ3) is 5.20. The number of carbonyl (C=O) groups is 1. The number of allylic oxidation sites excluding steroid dienone is 2. The quantitative estimate of drug-likeness (QED) is 0.344. The molecule has 0 saturated carbocycles.